The molecule has 39 heavy (non-hydrogen) atoms. The summed E-state index contributed by atoms with van der Waals surface area (Å²) in [5.74, 6) is 1.11. The molecular weight excluding hydrogens is 484 g/mol. The lowest BCUT2D eigenvalue weighted by Crippen LogP contribution is -2.61. The van der Waals surface area contributed by atoms with Crippen LogP contribution in [0, 0.1) is 0 Å². The first-order valence-electron chi connectivity index (χ1n) is 14.7. The van der Waals surface area contributed by atoms with Gasteiger partial charge >= 0.3 is 5.97 Å². The Morgan fingerprint density at radius 1 is 0.923 bits per heavy atom. The second kappa shape index (κ2) is 11.4. The largest absolute Gasteiger partial charge is 0.459 e. The zero-order chi connectivity index (χ0) is 27.5. The number of likely N-dealkylation sites (N-methyl/N-ethyl adjacent to an activating group) is 1. The zero-order valence-corrected chi connectivity index (χ0v) is 24.0. The molecule has 3 aromatic carbocycles. The predicted octanol–water partition coefficient (Wildman–Crippen LogP) is 8.88. The van der Waals surface area contributed by atoms with E-state index in [9.17, 15) is 4.79 Å². The average molecular weight is 527 g/mol. The minimum atomic E-state index is -0.725. The van der Waals surface area contributed by atoms with Crippen molar-refractivity contribution < 1.29 is 14.3 Å². The number of para-hydroxylation sites is 1. The van der Waals surface area contributed by atoms with Gasteiger partial charge in [0.2, 0.25) is 5.72 Å². The highest BCUT2D eigenvalue weighted by atomic mass is 16.5. The van der Waals surface area contributed by atoms with E-state index in [1.54, 1.807) is 0 Å². The van der Waals surface area contributed by atoms with Crippen LogP contribution < -0.4 is 14.4 Å². The van der Waals surface area contributed by atoms with Crippen LogP contribution in [0.4, 0.5) is 11.4 Å². The van der Waals surface area contributed by atoms with E-state index in [2.05, 4.69) is 57.0 Å². The Morgan fingerprint density at radius 2 is 1.62 bits per heavy atom. The number of nitrogens with zero attached hydrogens (tertiary/aromatic N) is 2. The summed E-state index contributed by atoms with van der Waals surface area (Å²) >= 11 is 0. The van der Waals surface area contributed by atoms with Gasteiger partial charge in [0.1, 0.15) is 17.2 Å². The minimum absolute atomic E-state index is 0.173. The van der Waals surface area contributed by atoms with Gasteiger partial charge in [0.05, 0.1) is 11.6 Å². The third-order valence-corrected chi connectivity index (χ3v) is 8.61. The molecule has 2 aliphatic rings. The molecule has 1 atom stereocenters. The normalized spacial score (nSPS) is 18.7. The van der Waals surface area contributed by atoms with Crippen LogP contribution >= 0.6 is 0 Å². The number of aliphatic imine (C=N–C) groups is 1. The summed E-state index contributed by atoms with van der Waals surface area (Å²) < 4.78 is 12.5. The number of anilines is 1. The van der Waals surface area contributed by atoms with E-state index in [-0.39, 0.29) is 11.4 Å². The summed E-state index contributed by atoms with van der Waals surface area (Å²) in [6, 6.07) is 18.2. The summed E-state index contributed by atoms with van der Waals surface area (Å²) in [6.07, 6.45) is 13.4. The van der Waals surface area contributed by atoms with Crippen molar-refractivity contribution in [2.24, 2.45) is 4.99 Å². The minimum Gasteiger partial charge on any atom is -0.459 e. The van der Waals surface area contributed by atoms with Gasteiger partial charge in [0.25, 0.3) is 0 Å². The standard InChI is InChI=1S/C34H42N2O3/c1-5-6-7-8-9-10-11-12-13-18-31(37)38-26-21-19-25-20-22-30-32(27(25)23-26)35-24-34(39-30)33(2,3)28-16-14-15-17-29(28)36(34)4/h14-17,19-24H,5-13,18H2,1-4H3. The highest BCUT2D eigenvalue weighted by Gasteiger charge is 2.58. The van der Waals surface area contributed by atoms with Crippen LogP contribution in [0.5, 0.6) is 11.5 Å². The topological polar surface area (TPSA) is 51.1 Å². The van der Waals surface area contributed by atoms with Gasteiger partial charge in [0.15, 0.2) is 0 Å². The van der Waals surface area contributed by atoms with Gasteiger partial charge in [-0.25, -0.2) is 0 Å². The smallest absolute Gasteiger partial charge is 0.311 e. The molecule has 0 N–H and O–H groups in total. The van der Waals surface area contributed by atoms with Gasteiger partial charge in [-0.15, -0.1) is 0 Å². The number of hydrogen-bond donors (Lipinski definition) is 0. The molecule has 0 fully saturated rings. The van der Waals surface area contributed by atoms with Gasteiger partial charge in [0, 0.05) is 24.5 Å². The molecule has 5 heteroatoms. The fraction of sp³-hybridized carbons (Fsp3) is 0.471. The number of fused-ring (bicyclic) bond motifs is 4. The second-order valence-electron chi connectivity index (χ2n) is 11.6. The Labute approximate surface area is 233 Å². The van der Waals surface area contributed by atoms with Crippen LogP contribution in [0.25, 0.3) is 10.8 Å². The Hall–Kier alpha value is -3.34. The number of carbonyl (C=O) groups excluding carboxylic acids is 1. The van der Waals surface area contributed by atoms with Gasteiger partial charge in [-0.05, 0) is 55.5 Å². The molecule has 0 amide bonds. The monoisotopic (exact) mass is 526 g/mol. The lowest BCUT2D eigenvalue weighted by molar-refractivity contribution is -0.134. The molecule has 0 aliphatic carbocycles. The number of esters is 1. The molecule has 0 saturated carbocycles. The van der Waals surface area contributed by atoms with Crippen LogP contribution in [0.2, 0.25) is 0 Å². The SMILES string of the molecule is CCCCCCCCCCCC(=O)Oc1ccc2ccc3c(c2c1)N=CC1(O3)N(C)c2ccccc2C1(C)C. The number of unbranched alkanes of at least 4 members (excludes halogenated alkanes) is 8. The lowest BCUT2D eigenvalue weighted by Gasteiger charge is -2.45. The van der Waals surface area contributed by atoms with Crippen molar-refractivity contribution in [3.8, 4) is 11.5 Å². The maximum atomic E-state index is 12.5. The third-order valence-electron chi connectivity index (χ3n) is 8.61. The zero-order valence-electron chi connectivity index (χ0n) is 24.0. The van der Waals surface area contributed by atoms with Gasteiger partial charge in [-0.3, -0.25) is 9.79 Å². The van der Waals surface area contributed by atoms with Crippen molar-refractivity contribution >= 4 is 34.3 Å². The quantitative estimate of drug-likeness (QED) is 0.142. The Morgan fingerprint density at radius 3 is 2.36 bits per heavy atom. The lowest BCUT2D eigenvalue weighted by atomic mass is 9.77. The molecule has 2 aliphatic heterocycles. The Bertz CT molecular complexity index is 1360. The highest BCUT2D eigenvalue weighted by Crippen LogP contribution is 2.54. The second-order valence-corrected chi connectivity index (χ2v) is 11.6. The van der Waals surface area contributed by atoms with Crippen molar-refractivity contribution in [1.82, 2.24) is 0 Å². The average Bonchev–Trinajstić information content (AvgIpc) is 3.10. The molecule has 5 nitrogen and oxygen atoms in total. The van der Waals surface area contributed by atoms with E-state index in [0.29, 0.717) is 12.2 Å². The van der Waals surface area contributed by atoms with Crippen molar-refractivity contribution in [3.05, 3.63) is 60.2 Å². The van der Waals surface area contributed by atoms with Gasteiger partial charge in [-0.1, -0.05) is 88.6 Å². The van der Waals surface area contributed by atoms with Gasteiger partial charge in [-0.2, -0.15) is 0 Å². The number of benzene rings is 3. The summed E-state index contributed by atoms with van der Waals surface area (Å²) in [7, 11) is 2.07. The first-order valence-corrected chi connectivity index (χ1v) is 14.7. The van der Waals surface area contributed by atoms with E-state index in [1.807, 2.05) is 36.5 Å². The number of rotatable bonds is 11. The van der Waals surface area contributed by atoms with Crippen molar-refractivity contribution in [1.29, 1.82) is 0 Å². The fourth-order valence-corrected chi connectivity index (χ4v) is 6.18. The molecule has 1 unspecified atom stereocenters. The van der Waals surface area contributed by atoms with Gasteiger partial charge < -0.3 is 14.4 Å². The molecule has 206 valence electrons. The first kappa shape index (κ1) is 27.2. The van der Waals surface area contributed by atoms with E-state index in [4.69, 9.17) is 14.5 Å². The van der Waals surface area contributed by atoms with Crippen molar-refractivity contribution in [2.45, 2.75) is 96.1 Å². The summed E-state index contributed by atoms with van der Waals surface area (Å²) in [5, 5.41) is 1.95. The van der Waals surface area contributed by atoms with E-state index in [0.717, 1.165) is 40.7 Å². The molecule has 1 spiro atoms. The van der Waals surface area contributed by atoms with Crippen LogP contribution in [-0.2, 0) is 10.2 Å². The van der Waals surface area contributed by atoms with E-state index >= 15 is 0 Å². The first-order chi connectivity index (χ1) is 18.9. The fourth-order valence-electron chi connectivity index (χ4n) is 6.18. The predicted molar refractivity (Wildman–Crippen MR) is 161 cm³/mol. The number of ether oxygens (including phenoxy) is 2. The molecular formula is C34H42N2O3. The molecule has 0 radical (unpaired) electrons. The molecule has 0 bridgehead atoms. The number of hydrogen-bond acceptors (Lipinski definition) is 5. The highest BCUT2D eigenvalue weighted by molar-refractivity contribution is 6.00. The Kier molecular flexibility index (Phi) is 7.97. The molecule has 5 rings (SSSR count). The van der Waals surface area contributed by atoms with Crippen LogP contribution in [-0.4, -0.2) is 25.0 Å². The van der Waals surface area contributed by atoms with E-state index < -0.39 is 5.72 Å². The summed E-state index contributed by atoms with van der Waals surface area (Å²) in [6.45, 7) is 6.66. The molecule has 2 heterocycles. The molecule has 3 aromatic rings. The summed E-state index contributed by atoms with van der Waals surface area (Å²) in [4.78, 5) is 19.7. The van der Waals surface area contributed by atoms with Crippen molar-refractivity contribution in [2.75, 3.05) is 11.9 Å². The van der Waals surface area contributed by atoms with Crippen LogP contribution in [0.15, 0.2) is 59.6 Å². The number of carbonyl (C=O) groups is 1. The van der Waals surface area contributed by atoms with E-state index in [1.165, 1.54) is 50.5 Å². The van der Waals surface area contributed by atoms with Crippen molar-refractivity contribution in [3.63, 3.8) is 0 Å². The Balaban J connectivity index is 1.24. The molecule has 0 saturated heterocycles. The maximum absolute atomic E-state index is 12.5. The van der Waals surface area contributed by atoms with Crippen LogP contribution in [0.1, 0.15) is 90.5 Å². The summed E-state index contributed by atoms with van der Waals surface area (Å²) in [5.41, 5.74) is 2.14. The maximum Gasteiger partial charge on any atom is 0.311 e. The van der Waals surface area contributed by atoms with Crippen LogP contribution in [0.3, 0.4) is 0 Å². The third kappa shape index (κ3) is 5.16. The molecule has 0 aromatic heterocycles.